The molecule has 0 radical (unpaired) electrons. The van der Waals surface area contributed by atoms with Crippen molar-refractivity contribution >= 4 is 22.3 Å². The molecule has 0 N–H and O–H groups in total. The Balaban J connectivity index is 1.28. The van der Waals surface area contributed by atoms with E-state index in [0.29, 0.717) is 13.1 Å². The minimum Gasteiger partial charge on any atom is -0.497 e. The van der Waals surface area contributed by atoms with Gasteiger partial charge in [0.25, 0.3) is 0 Å². The van der Waals surface area contributed by atoms with Gasteiger partial charge in [-0.2, -0.15) is 5.10 Å². The van der Waals surface area contributed by atoms with Gasteiger partial charge in [-0.1, -0.05) is 12.1 Å². The molecule has 3 aliphatic heterocycles. The van der Waals surface area contributed by atoms with Crippen LogP contribution in [0.1, 0.15) is 28.8 Å². The van der Waals surface area contributed by atoms with Crippen molar-refractivity contribution in [3.63, 3.8) is 0 Å². The molecular weight excluding hydrogens is 426 g/mol. The van der Waals surface area contributed by atoms with Crippen LogP contribution in [-0.2, 0) is 35.7 Å². The number of aromatic nitrogens is 3. The van der Waals surface area contributed by atoms with E-state index >= 15 is 0 Å². The van der Waals surface area contributed by atoms with E-state index in [9.17, 15) is 4.79 Å². The number of hydrogen-bond donors (Lipinski definition) is 0. The first-order chi connectivity index (χ1) is 15.7. The topological polar surface area (TPSA) is 72.7 Å². The van der Waals surface area contributed by atoms with Gasteiger partial charge >= 0.3 is 5.97 Å². The van der Waals surface area contributed by atoms with Gasteiger partial charge in [-0.15, -0.1) is 11.3 Å². The monoisotopic (exact) mass is 451 g/mol. The van der Waals surface area contributed by atoms with E-state index in [-0.39, 0.29) is 12.1 Å². The molecule has 32 heavy (non-hydrogen) atoms. The Labute approximate surface area is 190 Å². The predicted octanol–water partition coefficient (Wildman–Crippen LogP) is 3.06. The molecule has 3 aliphatic rings. The van der Waals surface area contributed by atoms with Crippen molar-refractivity contribution in [1.29, 1.82) is 0 Å². The molecule has 1 atom stereocenters. The maximum Gasteiger partial charge on any atom is 0.306 e. The summed E-state index contributed by atoms with van der Waals surface area (Å²) in [5, 5.41) is 5.76. The lowest BCUT2D eigenvalue weighted by molar-refractivity contribution is -0.142. The molecule has 2 aromatic heterocycles. The fourth-order valence-electron chi connectivity index (χ4n) is 4.91. The fraction of sp³-hybridized carbons (Fsp3) is 0.435. The number of cyclic esters (lactones) is 1. The summed E-state index contributed by atoms with van der Waals surface area (Å²) in [6.45, 7) is 4.18. The lowest BCUT2D eigenvalue weighted by atomic mass is 10.0. The Hall–Kier alpha value is -2.91. The molecule has 1 saturated heterocycles. The van der Waals surface area contributed by atoms with Crippen LogP contribution in [-0.4, -0.2) is 51.9 Å². The van der Waals surface area contributed by atoms with Crippen LogP contribution in [0.25, 0.3) is 11.4 Å². The highest BCUT2D eigenvalue weighted by Gasteiger charge is 2.34. The summed E-state index contributed by atoms with van der Waals surface area (Å²) < 4.78 is 12.8. The van der Waals surface area contributed by atoms with Crippen LogP contribution in [0.15, 0.2) is 30.6 Å². The number of nitrogens with zero attached hydrogens (tertiary/aromatic N) is 5. The first-order valence-corrected chi connectivity index (χ1v) is 11.8. The molecule has 6 rings (SSSR count). The molecule has 0 saturated carbocycles. The van der Waals surface area contributed by atoms with Crippen molar-refractivity contribution in [2.45, 2.75) is 45.1 Å². The number of hydrogen-bond acceptors (Lipinski definition) is 8. The second-order valence-corrected chi connectivity index (χ2v) is 9.67. The van der Waals surface area contributed by atoms with E-state index in [0.717, 1.165) is 50.6 Å². The summed E-state index contributed by atoms with van der Waals surface area (Å²) in [7, 11) is 1.69. The zero-order chi connectivity index (χ0) is 21.7. The molecule has 1 unspecified atom stereocenters. The van der Waals surface area contributed by atoms with Crippen molar-refractivity contribution in [3.8, 4) is 17.1 Å². The molecule has 9 heteroatoms. The van der Waals surface area contributed by atoms with Gasteiger partial charge in [0.15, 0.2) is 5.82 Å². The van der Waals surface area contributed by atoms with E-state index in [2.05, 4.69) is 32.0 Å². The third-order valence-electron chi connectivity index (χ3n) is 6.51. The van der Waals surface area contributed by atoms with E-state index in [4.69, 9.17) is 9.47 Å². The number of carbonyl (C=O) groups excluding carboxylic acids is 1. The smallest absolute Gasteiger partial charge is 0.306 e. The predicted molar refractivity (Wildman–Crippen MR) is 121 cm³/mol. The van der Waals surface area contributed by atoms with Gasteiger partial charge in [-0.05, 0) is 36.1 Å². The molecule has 3 aromatic rings. The summed E-state index contributed by atoms with van der Waals surface area (Å²) in [6.07, 6.45) is 4.05. The molecular formula is C23H25N5O3S. The number of ether oxygens (including phenoxy) is 2. The molecule has 1 fully saturated rings. The zero-order valence-electron chi connectivity index (χ0n) is 18.0. The maximum atomic E-state index is 11.5. The Morgan fingerprint density at radius 2 is 2.12 bits per heavy atom. The molecule has 166 valence electrons. The molecule has 0 spiro atoms. The van der Waals surface area contributed by atoms with Crippen molar-refractivity contribution in [2.75, 3.05) is 25.1 Å². The van der Waals surface area contributed by atoms with Gasteiger partial charge in [0.2, 0.25) is 0 Å². The summed E-state index contributed by atoms with van der Waals surface area (Å²) in [5.41, 5.74) is 3.88. The second kappa shape index (κ2) is 7.90. The average molecular weight is 452 g/mol. The lowest BCUT2D eigenvalue weighted by Gasteiger charge is -2.30. The summed E-state index contributed by atoms with van der Waals surface area (Å²) >= 11 is 1.87. The molecule has 0 amide bonds. The number of anilines is 1. The third kappa shape index (κ3) is 3.45. The van der Waals surface area contributed by atoms with Gasteiger partial charge in [0.05, 0.1) is 12.7 Å². The van der Waals surface area contributed by atoms with Crippen molar-refractivity contribution in [2.24, 2.45) is 0 Å². The fourth-order valence-corrected chi connectivity index (χ4v) is 6.29. The average Bonchev–Trinajstić information content (AvgIpc) is 3.52. The normalized spacial score (nSPS) is 20.0. The molecule has 5 heterocycles. The Bertz CT molecular complexity index is 1160. The highest BCUT2D eigenvalue weighted by molar-refractivity contribution is 7.17. The number of fused-ring (bicyclic) bond motifs is 5. The molecule has 1 aromatic carbocycles. The van der Waals surface area contributed by atoms with Gasteiger partial charge in [-0.25, -0.2) is 9.67 Å². The molecule has 0 aliphatic carbocycles. The van der Waals surface area contributed by atoms with Crippen LogP contribution in [0.3, 0.4) is 0 Å². The van der Waals surface area contributed by atoms with E-state index in [1.807, 2.05) is 28.2 Å². The van der Waals surface area contributed by atoms with Crippen LogP contribution in [0.5, 0.6) is 5.75 Å². The van der Waals surface area contributed by atoms with Crippen LogP contribution < -0.4 is 9.64 Å². The van der Waals surface area contributed by atoms with Gasteiger partial charge in [-0.3, -0.25) is 9.69 Å². The van der Waals surface area contributed by atoms with Gasteiger partial charge in [0, 0.05) is 37.5 Å². The van der Waals surface area contributed by atoms with Crippen LogP contribution in [0.4, 0.5) is 5.00 Å². The number of benzene rings is 1. The van der Waals surface area contributed by atoms with Crippen molar-refractivity contribution in [3.05, 3.63) is 46.6 Å². The van der Waals surface area contributed by atoms with Crippen LogP contribution >= 0.6 is 11.3 Å². The Morgan fingerprint density at radius 3 is 2.91 bits per heavy atom. The van der Waals surface area contributed by atoms with Gasteiger partial charge < -0.3 is 14.4 Å². The maximum absolute atomic E-state index is 11.5. The molecule has 0 bridgehead atoms. The summed E-state index contributed by atoms with van der Waals surface area (Å²) in [6, 6.07) is 8.25. The minimum absolute atomic E-state index is 0.0355. The Kier molecular flexibility index (Phi) is 4.87. The standard InChI is InChI=1S/C23H25N5O3S/c1-30-16-4-2-15(3-5-16)10-27-14-28-22(24-13-25-28)21-18-8-9-26(12-19(18)32-23(21)27)11-17-6-7-20(29)31-17/h2-5,13,17H,6-12,14H2,1H3. The minimum atomic E-state index is -0.0622. The summed E-state index contributed by atoms with van der Waals surface area (Å²) in [5.74, 6) is 1.78. The number of esters is 1. The number of thiophene rings is 1. The Morgan fingerprint density at radius 1 is 1.25 bits per heavy atom. The number of methoxy groups -OCH3 is 1. The largest absolute Gasteiger partial charge is 0.497 e. The quantitative estimate of drug-likeness (QED) is 0.552. The van der Waals surface area contributed by atoms with E-state index < -0.39 is 0 Å². The lowest BCUT2D eigenvalue weighted by Crippen LogP contribution is -2.36. The van der Waals surface area contributed by atoms with Crippen LogP contribution in [0.2, 0.25) is 0 Å². The van der Waals surface area contributed by atoms with E-state index in [1.165, 1.54) is 26.6 Å². The number of rotatable bonds is 5. The van der Waals surface area contributed by atoms with E-state index in [1.54, 1.807) is 13.4 Å². The first-order valence-electron chi connectivity index (χ1n) is 11.0. The van der Waals surface area contributed by atoms with Crippen molar-refractivity contribution in [1.82, 2.24) is 19.7 Å². The first kappa shape index (κ1) is 19.8. The highest BCUT2D eigenvalue weighted by atomic mass is 32.1. The summed E-state index contributed by atoms with van der Waals surface area (Å²) in [4.78, 5) is 22.3. The SMILES string of the molecule is COc1ccc(CN2Cn3ncnc3-c3c2sc2c3CCN(CC3CCC(=O)O3)C2)cc1. The second-order valence-electron chi connectivity index (χ2n) is 8.59. The zero-order valence-corrected chi connectivity index (χ0v) is 18.8. The highest BCUT2D eigenvalue weighted by Crippen LogP contribution is 2.47. The van der Waals surface area contributed by atoms with Crippen molar-refractivity contribution < 1.29 is 14.3 Å². The van der Waals surface area contributed by atoms with Crippen LogP contribution in [0, 0.1) is 0 Å². The van der Waals surface area contributed by atoms with Gasteiger partial charge in [0.1, 0.15) is 29.9 Å². The third-order valence-corrected chi connectivity index (χ3v) is 7.79. The number of carbonyl (C=O) groups is 1. The molecule has 8 nitrogen and oxygen atoms in total.